The average molecular weight is 231 g/mol. The fraction of sp³-hybridized carbons (Fsp3) is 0. The SMILES string of the molecule is Nc1ncccc1C(=O)Nc1ccccc1F. The van der Waals surface area contributed by atoms with Crippen LogP contribution in [0.5, 0.6) is 0 Å². The van der Waals surface area contributed by atoms with Crippen LogP contribution in [0.25, 0.3) is 0 Å². The number of nitrogen functional groups attached to an aromatic ring is 1. The third-order valence-electron chi connectivity index (χ3n) is 2.21. The van der Waals surface area contributed by atoms with Crippen molar-refractivity contribution in [2.24, 2.45) is 0 Å². The third-order valence-corrected chi connectivity index (χ3v) is 2.21. The molecule has 3 N–H and O–H groups in total. The first-order valence-corrected chi connectivity index (χ1v) is 4.95. The van der Waals surface area contributed by atoms with Gasteiger partial charge in [-0.2, -0.15) is 0 Å². The molecule has 0 aliphatic heterocycles. The number of nitrogens with zero attached hydrogens (tertiary/aromatic N) is 1. The van der Waals surface area contributed by atoms with E-state index < -0.39 is 11.7 Å². The third kappa shape index (κ3) is 2.39. The van der Waals surface area contributed by atoms with E-state index in [4.69, 9.17) is 5.73 Å². The largest absolute Gasteiger partial charge is 0.383 e. The average Bonchev–Trinajstić information content (AvgIpc) is 2.32. The Morgan fingerprint density at radius 1 is 1.24 bits per heavy atom. The van der Waals surface area contributed by atoms with E-state index in [0.29, 0.717) is 0 Å². The molecule has 0 unspecified atom stereocenters. The van der Waals surface area contributed by atoms with Crippen LogP contribution in [0.3, 0.4) is 0 Å². The molecule has 2 rings (SSSR count). The van der Waals surface area contributed by atoms with Crippen molar-refractivity contribution in [2.45, 2.75) is 0 Å². The van der Waals surface area contributed by atoms with E-state index in [1.165, 1.54) is 24.4 Å². The molecule has 2 aromatic rings. The van der Waals surface area contributed by atoms with Crippen molar-refractivity contribution in [1.29, 1.82) is 0 Å². The first-order valence-electron chi connectivity index (χ1n) is 4.95. The van der Waals surface area contributed by atoms with Crippen LogP contribution < -0.4 is 11.1 Å². The number of nitrogens with one attached hydrogen (secondary N) is 1. The highest BCUT2D eigenvalue weighted by molar-refractivity contribution is 6.07. The number of anilines is 2. The standard InChI is InChI=1S/C12H10FN3O/c13-9-5-1-2-6-10(9)16-12(17)8-4-3-7-15-11(8)14/h1-7H,(H2,14,15)(H,16,17). The molecule has 5 heteroatoms. The molecule has 0 radical (unpaired) electrons. The molecule has 0 atom stereocenters. The second-order valence-corrected chi connectivity index (χ2v) is 3.37. The molecule has 0 spiro atoms. The number of carbonyl (C=O) groups is 1. The second kappa shape index (κ2) is 4.61. The molecule has 0 aliphatic rings. The number of para-hydroxylation sites is 1. The number of benzene rings is 1. The number of aromatic nitrogens is 1. The topological polar surface area (TPSA) is 68.0 Å². The van der Waals surface area contributed by atoms with E-state index >= 15 is 0 Å². The van der Waals surface area contributed by atoms with E-state index in [9.17, 15) is 9.18 Å². The Labute approximate surface area is 97.3 Å². The van der Waals surface area contributed by atoms with Crippen molar-refractivity contribution in [1.82, 2.24) is 4.98 Å². The van der Waals surface area contributed by atoms with Crippen molar-refractivity contribution in [3.63, 3.8) is 0 Å². The lowest BCUT2D eigenvalue weighted by molar-refractivity contribution is 0.102. The highest BCUT2D eigenvalue weighted by atomic mass is 19.1. The van der Waals surface area contributed by atoms with Crippen molar-refractivity contribution >= 4 is 17.4 Å². The zero-order valence-corrected chi connectivity index (χ0v) is 8.85. The summed E-state index contributed by atoms with van der Waals surface area (Å²) in [7, 11) is 0. The zero-order chi connectivity index (χ0) is 12.3. The van der Waals surface area contributed by atoms with Crippen LogP contribution in [0.15, 0.2) is 42.6 Å². The summed E-state index contributed by atoms with van der Waals surface area (Å²) in [6, 6.07) is 9.03. The van der Waals surface area contributed by atoms with E-state index in [2.05, 4.69) is 10.3 Å². The van der Waals surface area contributed by atoms with Gasteiger partial charge in [-0.25, -0.2) is 9.37 Å². The van der Waals surface area contributed by atoms with Gasteiger partial charge in [-0.1, -0.05) is 12.1 Å². The molecule has 0 bridgehead atoms. The van der Waals surface area contributed by atoms with Gasteiger partial charge in [0.25, 0.3) is 5.91 Å². The van der Waals surface area contributed by atoms with Crippen molar-refractivity contribution < 1.29 is 9.18 Å². The number of rotatable bonds is 2. The molecule has 4 nitrogen and oxygen atoms in total. The quantitative estimate of drug-likeness (QED) is 0.831. The first-order chi connectivity index (χ1) is 8.18. The van der Waals surface area contributed by atoms with Crippen LogP contribution >= 0.6 is 0 Å². The summed E-state index contributed by atoms with van der Waals surface area (Å²) in [5, 5.41) is 2.43. The molecular weight excluding hydrogens is 221 g/mol. The number of amides is 1. The lowest BCUT2D eigenvalue weighted by Crippen LogP contribution is -2.15. The Kier molecular flexibility index (Phi) is 3.00. The summed E-state index contributed by atoms with van der Waals surface area (Å²) >= 11 is 0. The van der Waals surface area contributed by atoms with Gasteiger partial charge in [0.05, 0.1) is 11.3 Å². The number of hydrogen-bond acceptors (Lipinski definition) is 3. The van der Waals surface area contributed by atoms with Crippen LogP contribution in [0, 0.1) is 5.82 Å². The highest BCUT2D eigenvalue weighted by Gasteiger charge is 2.11. The van der Waals surface area contributed by atoms with Gasteiger partial charge in [-0.15, -0.1) is 0 Å². The van der Waals surface area contributed by atoms with Gasteiger partial charge in [0.2, 0.25) is 0 Å². The molecule has 0 saturated heterocycles. The lowest BCUT2D eigenvalue weighted by atomic mass is 10.2. The second-order valence-electron chi connectivity index (χ2n) is 3.37. The maximum atomic E-state index is 13.3. The fourth-order valence-electron chi connectivity index (χ4n) is 1.36. The van der Waals surface area contributed by atoms with Gasteiger partial charge in [-0.3, -0.25) is 4.79 Å². The summed E-state index contributed by atoms with van der Waals surface area (Å²) in [6.45, 7) is 0. The number of pyridine rings is 1. The van der Waals surface area contributed by atoms with E-state index in [-0.39, 0.29) is 17.1 Å². The van der Waals surface area contributed by atoms with Crippen molar-refractivity contribution in [3.05, 3.63) is 54.0 Å². The van der Waals surface area contributed by atoms with Gasteiger partial charge in [0.1, 0.15) is 11.6 Å². The van der Waals surface area contributed by atoms with Gasteiger partial charge in [0, 0.05) is 6.20 Å². The normalized spacial score (nSPS) is 9.94. The Bertz CT molecular complexity index is 557. The lowest BCUT2D eigenvalue weighted by Gasteiger charge is -2.07. The van der Waals surface area contributed by atoms with Crippen LogP contribution in [-0.2, 0) is 0 Å². The Morgan fingerprint density at radius 2 is 2.00 bits per heavy atom. The monoisotopic (exact) mass is 231 g/mol. The number of nitrogens with two attached hydrogens (primary N) is 1. The maximum Gasteiger partial charge on any atom is 0.259 e. The molecule has 0 saturated carbocycles. The minimum absolute atomic E-state index is 0.112. The molecule has 1 aromatic heterocycles. The predicted molar refractivity (Wildman–Crippen MR) is 63.0 cm³/mol. The Morgan fingerprint density at radius 3 is 2.71 bits per heavy atom. The summed E-state index contributed by atoms with van der Waals surface area (Å²) in [4.78, 5) is 15.6. The molecule has 1 amide bonds. The fourth-order valence-corrected chi connectivity index (χ4v) is 1.36. The van der Waals surface area contributed by atoms with Crippen LogP contribution in [0.4, 0.5) is 15.9 Å². The predicted octanol–water partition coefficient (Wildman–Crippen LogP) is 2.06. The summed E-state index contributed by atoms with van der Waals surface area (Å²) in [5.74, 6) is -0.870. The molecule has 86 valence electrons. The number of hydrogen-bond donors (Lipinski definition) is 2. The number of halogens is 1. The van der Waals surface area contributed by atoms with Crippen molar-refractivity contribution in [3.8, 4) is 0 Å². The maximum absolute atomic E-state index is 13.3. The van der Waals surface area contributed by atoms with Crippen LogP contribution in [0.1, 0.15) is 10.4 Å². The van der Waals surface area contributed by atoms with E-state index in [0.717, 1.165) is 0 Å². The van der Waals surface area contributed by atoms with Gasteiger partial charge < -0.3 is 11.1 Å². The summed E-state index contributed by atoms with van der Waals surface area (Å²) in [5.41, 5.74) is 5.88. The number of carbonyl (C=O) groups excluding carboxylic acids is 1. The minimum Gasteiger partial charge on any atom is -0.383 e. The molecular formula is C12H10FN3O. The molecule has 1 heterocycles. The molecule has 1 aromatic carbocycles. The highest BCUT2D eigenvalue weighted by Crippen LogP contribution is 2.15. The van der Waals surface area contributed by atoms with Gasteiger partial charge in [-0.05, 0) is 24.3 Å². The van der Waals surface area contributed by atoms with Crippen LogP contribution in [-0.4, -0.2) is 10.9 Å². The molecule has 0 fully saturated rings. The summed E-state index contributed by atoms with van der Waals surface area (Å²) in [6.07, 6.45) is 1.48. The Hall–Kier alpha value is -2.43. The molecule has 17 heavy (non-hydrogen) atoms. The van der Waals surface area contributed by atoms with Gasteiger partial charge in [0.15, 0.2) is 0 Å². The molecule has 0 aliphatic carbocycles. The van der Waals surface area contributed by atoms with E-state index in [1.54, 1.807) is 18.2 Å². The van der Waals surface area contributed by atoms with Crippen LogP contribution in [0.2, 0.25) is 0 Å². The first kappa shape index (κ1) is 11.1. The summed E-state index contributed by atoms with van der Waals surface area (Å²) < 4.78 is 13.3. The zero-order valence-electron chi connectivity index (χ0n) is 8.85. The van der Waals surface area contributed by atoms with Crippen molar-refractivity contribution in [2.75, 3.05) is 11.1 Å². The minimum atomic E-state index is -0.497. The smallest absolute Gasteiger partial charge is 0.259 e. The Balaban J connectivity index is 2.24. The van der Waals surface area contributed by atoms with Gasteiger partial charge >= 0.3 is 0 Å². The van der Waals surface area contributed by atoms with E-state index in [1.807, 2.05) is 0 Å².